The maximum absolute atomic E-state index is 6.49. The Labute approximate surface area is 171 Å². The number of furan rings is 1. The highest BCUT2D eigenvalue weighted by Crippen LogP contribution is 2.43. The first-order valence-electron chi connectivity index (χ1n) is 10.2. The van der Waals surface area contributed by atoms with Crippen LogP contribution in [0.5, 0.6) is 0 Å². The van der Waals surface area contributed by atoms with Gasteiger partial charge in [-0.25, -0.2) is 4.57 Å². The first kappa shape index (κ1) is 17.9. The van der Waals surface area contributed by atoms with Crippen molar-refractivity contribution in [3.63, 3.8) is 0 Å². The molecule has 0 aliphatic carbocycles. The Morgan fingerprint density at radius 3 is 2.21 bits per heavy atom. The average molecular weight is 381 g/mol. The van der Waals surface area contributed by atoms with E-state index in [1.807, 2.05) is 6.07 Å². The third-order valence-corrected chi connectivity index (χ3v) is 6.07. The van der Waals surface area contributed by atoms with E-state index in [4.69, 9.17) is 4.42 Å². The number of benzene rings is 3. The van der Waals surface area contributed by atoms with Crippen LogP contribution in [0.4, 0.5) is 0 Å². The lowest BCUT2D eigenvalue weighted by Gasteiger charge is -2.19. The van der Waals surface area contributed by atoms with Gasteiger partial charge in [0.25, 0.3) is 0 Å². The Bertz CT molecular complexity index is 1400. The molecule has 5 rings (SSSR count). The normalized spacial score (nSPS) is 12.3. The van der Waals surface area contributed by atoms with Crippen molar-refractivity contribution in [1.29, 1.82) is 0 Å². The van der Waals surface area contributed by atoms with Gasteiger partial charge in [0.15, 0.2) is 6.20 Å². The molecular formula is C27H26NO+. The summed E-state index contributed by atoms with van der Waals surface area (Å²) in [6, 6.07) is 21.6. The highest BCUT2D eigenvalue weighted by molar-refractivity contribution is 6.23. The number of para-hydroxylation sites is 1. The van der Waals surface area contributed by atoms with Crippen LogP contribution in [0.15, 0.2) is 71.3 Å². The maximum Gasteiger partial charge on any atom is 0.216 e. The Morgan fingerprint density at radius 1 is 0.828 bits per heavy atom. The van der Waals surface area contributed by atoms with Gasteiger partial charge in [0, 0.05) is 22.9 Å². The standard InChI is InChI=1S/C27H26NO/c1-17-19-10-6-7-11-20(19)25-21-12-8-9-13-23(21)29-26(25)24(17)22-16-18(27(2,3)4)14-15-28(22)5/h6-16H,1-5H3/q+1. The second kappa shape index (κ2) is 6.18. The Morgan fingerprint density at radius 2 is 1.48 bits per heavy atom. The molecule has 2 aromatic heterocycles. The van der Waals surface area contributed by atoms with Crippen molar-refractivity contribution in [3.05, 3.63) is 78.0 Å². The minimum absolute atomic E-state index is 0.0841. The molecule has 0 saturated heterocycles. The van der Waals surface area contributed by atoms with E-state index in [0.29, 0.717) is 0 Å². The summed E-state index contributed by atoms with van der Waals surface area (Å²) in [7, 11) is 2.12. The second-order valence-corrected chi connectivity index (χ2v) is 9.01. The second-order valence-electron chi connectivity index (χ2n) is 9.01. The monoisotopic (exact) mass is 380 g/mol. The number of fused-ring (bicyclic) bond motifs is 5. The SMILES string of the molecule is Cc1c(-c2cc(C(C)(C)C)cc[n+]2C)c2oc3ccccc3c2c2ccccc12. The fourth-order valence-electron chi connectivity index (χ4n) is 4.42. The maximum atomic E-state index is 6.49. The minimum Gasteiger partial charge on any atom is -0.455 e. The van der Waals surface area contributed by atoms with Crippen LogP contribution in [0.25, 0.3) is 44.0 Å². The Kier molecular flexibility index (Phi) is 3.82. The molecule has 0 saturated carbocycles. The zero-order chi connectivity index (χ0) is 20.3. The highest BCUT2D eigenvalue weighted by Gasteiger charge is 2.26. The molecule has 0 radical (unpaired) electrons. The van der Waals surface area contributed by atoms with Crippen molar-refractivity contribution in [2.75, 3.05) is 0 Å². The van der Waals surface area contributed by atoms with Gasteiger partial charge in [-0.15, -0.1) is 0 Å². The van der Waals surface area contributed by atoms with E-state index in [1.165, 1.54) is 43.9 Å². The van der Waals surface area contributed by atoms with E-state index < -0.39 is 0 Å². The molecule has 0 aliphatic rings. The molecular weight excluding hydrogens is 354 g/mol. The van der Waals surface area contributed by atoms with Gasteiger partial charge in [-0.05, 0) is 40.3 Å². The zero-order valence-electron chi connectivity index (χ0n) is 17.7. The van der Waals surface area contributed by atoms with Crippen molar-refractivity contribution in [1.82, 2.24) is 0 Å². The summed E-state index contributed by atoms with van der Waals surface area (Å²) in [5.74, 6) is 0. The number of nitrogens with zero attached hydrogens (tertiary/aromatic N) is 1. The highest BCUT2D eigenvalue weighted by atomic mass is 16.3. The van der Waals surface area contributed by atoms with Gasteiger partial charge in [0.05, 0.1) is 5.56 Å². The van der Waals surface area contributed by atoms with Crippen molar-refractivity contribution in [3.8, 4) is 11.3 Å². The van der Waals surface area contributed by atoms with Crippen LogP contribution >= 0.6 is 0 Å². The van der Waals surface area contributed by atoms with Crippen molar-refractivity contribution >= 4 is 32.7 Å². The van der Waals surface area contributed by atoms with E-state index in [-0.39, 0.29) is 5.41 Å². The topological polar surface area (TPSA) is 17.0 Å². The lowest BCUT2D eigenvalue weighted by Crippen LogP contribution is -2.32. The van der Waals surface area contributed by atoms with Crippen molar-refractivity contribution < 1.29 is 8.98 Å². The quantitative estimate of drug-likeness (QED) is 0.291. The average Bonchev–Trinajstić information content (AvgIpc) is 3.08. The number of hydrogen-bond acceptors (Lipinski definition) is 1. The fraction of sp³-hybridized carbons (Fsp3) is 0.222. The van der Waals surface area contributed by atoms with Gasteiger partial charge in [-0.1, -0.05) is 63.2 Å². The smallest absolute Gasteiger partial charge is 0.216 e. The van der Waals surface area contributed by atoms with Gasteiger partial charge in [-0.3, -0.25) is 0 Å². The van der Waals surface area contributed by atoms with Gasteiger partial charge >= 0.3 is 0 Å². The molecule has 29 heavy (non-hydrogen) atoms. The third-order valence-electron chi connectivity index (χ3n) is 6.07. The number of aromatic nitrogens is 1. The van der Waals surface area contributed by atoms with E-state index in [9.17, 15) is 0 Å². The number of hydrogen-bond donors (Lipinski definition) is 0. The molecule has 5 aromatic rings. The summed E-state index contributed by atoms with van der Waals surface area (Å²) in [6.45, 7) is 9.00. The van der Waals surface area contributed by atoms with E-state index in [0.717, 1.165) is 11.2 Å². The lowest BCUT2D eigenvalue weighted by atomic mass is 9.86. The Balaban J connectivity index is 2.01. The van der Waals surface area contributed by atoms with Gasteiger partial charge in [-0.2, -0.15) is 0 Å². The van der Waals surface area contributed by atoms with Crippen molar-refractivity contribution in [2.45, 2.75) is 33.1 Å². The Hall–Kier alpha value is -3.13. The summed E-state index contributed by atoms with van der Waals surface area (Å²) in [4.78, 5) is 0. The van der Waals surface area contributed by atoms with Crippen LogP contribution in [-0.2, 0) is 12.5 Å². The molecule has 0 atom stereocenters. The van der Waals surface area contributed by atoms with E-state index in [2.05, 4.69) is 100 Å². The van der Waals surface area contributed by atoms with E-state index >= 15 is 0 Å². The molecule has 0 N–H and O–H groups in total. The zero-order valence-corrected chi connectivity index (χ0v) is 17.7. The summed E-state index contributed by atoms with van der Waals surface area (Å²) in [6.07, 6.45) is 2.17. The van der Waals surface area contributed by atoms with Crippen LogP contribution in [0.1, 0.15) is 31.9 Å². The van der Waals surface area contributed by atoms with Gasteiger partial charge in [0.1, 0.15) is 18.2 Å². The molecule has 0 unspecified atom stereocenters. The molecule has 2 heteroatoms. The number of aryl methyl sites for hydroxylation is 2. The molecule has 0 spiro atoms. The minimum atomic E-state index is 0.0841. The molecule has 0 bridgehead atoms. The molecule has 0 aliphatic heterocycles. The number of pyridine rings is 1. The summed E-state index contributed by atoms with van der Waals surface area (Å²) in [5, 5.41) is 4.92. The molecule has 0 fully saturated rings. The molecule has 2 nitrogen and oxygen atoms in total. The summed E-state index contributed by atoms with van der Waals surface area (Å²) >= 11 is 0. The third kappa shape index (κ3) is 2.66. The lowest BCUT2D eigenvalue weighted by molar-refractivity contribution is -0.660. The summed E-state index contributed by atoms with van der Waals surface area (Å²) in [5.41, 5.74) is 6.95. The van der Waals surface area contributed by atoms with E-state index in [1.54, 1.807) is 0 Å². The van der Waals surface area contributed by atoms with Gasteiger partial charge in [0.2, 0.25) is 5.69 Å². The predicted molar refractivity (Wildman–Crippen MR) is 121 cm³/mol. The largest absolute Gasteiger partial charge is 0.455 e. The van der Waals surface area contributed by atoms with Crippen molar-refractivity contribution in [2.24, 2.45) is 7.05 Å². The van der Waals surface area contributed by atoms with Gasteiger partial charge < -0.3 is 4.42 Å². The van der Waals surface area contributed by atoms with Crippen LogP contribution in [-0.4, -0.2) is 0 Å². The first-order valence-corrected chi connectivity index (χ1v) is 10.2. The molecule has 144 valence electrons. The first-order chi connectivity index (χ1) is 13.9. The number of rotatable bonds is 1. The molecule has 0 amide bonds. The summed E-state index contributed by atoms with van der Waals surface area (Å²) < 4.78 is 8.70. The molecule has 3 aromatic carbocycles. The van der Waals surface area contributed by atoms with Crippen LogP contribution < -0.4 is 4.57 Å². The molecule has 2 heterocycles. The van der Waals surface area contributed by atoms with Crippen LogP contribution in [0.2, 0.25) is 0 Å². The van der Waals surface area contributed by atoms with Crippen LogP contribution in [0.3, 0.4) is 0 Å². The fourth-order valence-corrected chi connectivity index (χ4v) is 4.42. The van der Waals surface area contributed by atoms with Crippen LogP contribution in [0, 0.1) is 6.92 Å². The predicted octanol–water partition coefficient (Wildman–Crippen LogP) is 6.84.